The summed E-state index contributed by atoms with van der Waals surface area (Å²) in [5.74, 6) is 0.878. The van der Waals surface area contributed by atoms with E-state index in [2.05, 4.69) is 87.1 Å². The Bertz CT molecular complexity index is 2630. The number of H-pyrrole nitrogens is 2. The number of anilines is 2. The molecule has 18 heteroatoms. The summed E-state index contributed by atoms with van der Waals surface area (Å²) in [7, 11) is 4.62. The predicted molar refractivity (Wildman–Crippen MR) is 270 cm³/mol. The highest BCUT2D eigenvalue weighted by atomic mass is 35.5. The summed E-state index contributed by atoms with van der Waals surface area (Å²) in [5, 5.41) is 5.44. The van der Waals surface area contributed by atoms with E-state index in [1.54, 1.807) is 11.1 Å². The number of nitrogens with zero attached hydrogens (tertiary/aromatic N) is 5. The summed E-state index contributed by atoms with van der Waals surface area (Å²) < 4.78 is 9.66. The largest absolute Gasteiger partial charge is 0.453 e. The van der Waals surface area contributed by atoms with Crippen molar-refractivity contribution in [3.8, 4) is 33.6 Å². The van der Waals surface area contributed by atoms with Gasteiger partial charge in [0, 0.05) is 42.6 Å². The highest BCUT2D eigenvalue weighted by molar-refractivity contribution is 5.89. The van der Waals surface area contributed by atoms with Crippen LogP contribution in [0.15, 0.2) is 116 Å². The van der Waals surface area contributed by atoms with Gasteiger partial charge in [0.15, 0.2) is 0 Å². The Balaban J connectivity index is 0.00000288. The Morgan fingerprint density at radius 2 is 1.16 bits per heavy atom. The zero-order valence-electron chi connectivity index (χ0n) is 38.5. The first kappa shape index (κ1) is 52.4. The summed E-state index contributed by atoms with van der Waals surface area (Å²) in [4.78, 5) is 74.6. The minimum atomic E-state index is -0.898. The van der Waals surface area contributed by atoms with Crippen LogP contribution >= 0.6 is 37.2 Å². The van der Waals surface area contributed by atoms with E-state index < -0.39 is 24.3 Å². The molecule has 2 fully saturated rings. The minimum absolute atomic E-state index is 0. The van der Waals surface area contributed by atoms with Crippen LogP contribution in [0.1, 0.15) is 74.9 Å². The molecule has 0 bridgehead atoms. The Kier molecular flexibility index (Phi) is 18.1. The van der Waals surface area contributed by atoms with Crippen molar-refractivity contribution in [3.05, 3.63) is 133 Å². The van der Waals surface area contributed by atoms with Gasteiger partial charge in [-0.25, -0.2) is 19.6 Å². The number of carbonyl (C=O) groups is 4. The van der Waals surface area contributed by atoms with Gasteiger partial charge in [-0.2, -0.15) is 0 Å². The molecule has 68 heavy (non-hydrogen) atoms. The number of alkyl carbamates (subject to hydrolysis) is 2. The highest BCUT2D eigenvalue weighted by Crippen LogP contribution is 2.40. The quantitative estimate of drug-likeness (QED) is 0.0877. The zero-order valence-corrected chi connectivity index (χ0v) is 41.0. The Morgan fingerprint density at radius 1 is 0.662 bits per heavy atom. The lowest BCUT2D eigenvalue weighted by Crippen LogP contribution is -2.51. The number of likely N-dealkylation sites (tertiary alicyclic amines) is 2. The van der Waals surface area contributed by atoms with Crippen molar-refractivity contribution in [2.75, 3.05) is 39.3 Å². The van der Waals surface area contributed by atoms with E-state index in [1.165, 1.54) is 14.2 Å². The molecular formula is C50H58Cl3N9O6. The van der Waals surface area contributed by atoms with E-state index in [1.807, 2.05) is 73.5 Å². The van der Waals surface area contributed by atoms with E-state index in [9.17, 15) is 19.2 Å². The molecule has 2 aromatic heterocycles. The van der Waals surface area contributed by atoms with Crippen LogP contribution in [0.4, 0.5) is 21.0 Å². The Labute approximate surface area is 415 Å². The molecular weight excluding hydrogens is 929 g/mol. The van der Waals surface area contributed by atoms with E-state index >= 15 is 0 Å². The molecule has 4 aromatic carbocycles. The van der Waals surface area contributed by atoms with Crippen molar-refractivity contribution in [2.45, 2.75) is 63.7 Å². The minimum Gasteiger partial charge on any atom is -0.453 e. The third kappa shape index (κ3) is 11.2. The van der Waals surface area contributed by atoms with Gasteiger partial charge in [-0.3, -0.25) is 9.59 Å². The molecule has 2 aliphatic heterocycles. The van der Waals surface area contributed by atoms with Crippen molar-refractivity contribution < 1.29 is 28.7 Å². The van der Waals surface area contributed by atoms with Gasteiger partial charge < -0.3 is 44.8 Å². The number of hydrogen-bond acceptors (Lipinski definition) is 9. The molecule has 0 spiro atoms. The van der Waals surface area contributed by atoms with Crippen molar-refractivity contribution in [2.24, 2.45) is 5.92 Å². The van der Waals surface area contributed by atoms with Crippen LogP contribution in [0.25, 0.3) is 33.6 Å². The summed E-state index contributed by atoms with van der Waals surface area (Å²) in [6.45, 7) is 4.91. The van der Waals surface area contributed by atoms with Crippen molar-refractivity contribution in [3.63, 3.8) is 0 Å². The zero-order chi connectivity index (χ0) is 45.6. The SMILES string of the molecule is COC(=O)NC(C(=O)N1CCCC1c1ncc(-c2ccc(-c3ccc(-c4cnc(C5CCCN5C(=O)[C@@H](NC(=O)OC)C(C)C)[nH]4)cc3N(C)c3ccccc3)cc2)[nH]1)c1ccccc1.Cl.Cl.Cl. The molecule has 8 rings (SSSR count). The van der Waals surface area contributed by atoms with Gasteiger partial charge in [-0.05, 0) is 66.5 Å². The van der Waals surface area contributed by atoms with Crippen molar-refractivity contribution in [1.29, 1.82) is 0 Å². The van der Waals surface area contributed by atoms with Crippen molar-refractivity contribution >= 4 is 72.6 Å². The van der Waals surface area contributed by atoms with Crippen LogP contribution in [0, 0.1) is 5.92 Å². The number of aromatic nitrogens is 4. The number of para-hydroxylation sites is 1. The fraction of sp³-hybridized carbons (Fsp3) is 0.320. The first-order chi connectivity index (χ1) is 31.5. The van der Waals surface area contributed by atoms with Gasteiger partial charge in [0.05, 0.1) is 50.1 Å². The lowest BCUT2D eigenvalue weighted by Gasteiger charge is -2.30. The van der Waals surface area contributed by atoms with Crippen molar-refractivity contribution in [1.82, 2.24) is 40.4 Å². The number of imidazole rings is 2. The fourth-order valence-electron chi connectivity index (χ4n) is 8.93. The molecule has 0 aliphatic carbocycles. The summed E-state index contributed by atoms with van der Waals surface area (Å²) in [5.41, 5.74) is 8.24. The second kappa shape index (κ2) is 23.5. The van der Waals surface area contributed by atoms with Gasteiger partial charge >= 0.3 is 12.2 Å². The third-order valence-corrected chi connectivity index (χ3v) is 12.4. The number of rotatable bonds is 13. The lowest BCUT2D eigenvalue weighted by atomic mass is 9.98. The molecule has 6 aromatic rings. The van der Waals surface area contributed by atoms with Crippen LogP contribution in [-0.4, -0.2) is 94.1 Å². The fourth-order valence-corrected chi connectivity index (χ4v) is 8.93. The maximum atomic E-state index is 14.0. The first-order valence-electron chi connectivity index (χ1n) is 22.0. The summed E-state index contributed by atoms with van der Waals surface area (Å²) >= 11 is 0. The number of amides is 4. The number of benzene rings is 4. The number of carbonyl (C=O) groups excluding carboxylic acids is 4. The predicted octanol–water partition coefficient (Wildman–Crippen LogP) is 9.97. The van der Waals surface area contributed by atoms with E-state index in [0.29, 0.717) is 30.3 Å². The smallest absolute Gasteiger partial charge is 0.407 e. The van der Waals surface area contributed by atoms with Gasteiger partial charge in [0.2, 0.25) is 5.91 Å². The Morgan fingerprint density at radius 3 is 1.72 bits per heavy atom. The maximum Gasteiger partial charge on any atom is 0.407 e. The molecule has 4 atom stereocenters. The lowest BCUT2D eigenvalue weighted by molar-refractivity contribution is -0.135. The number of hydrogen-bond donors (Lipinski definition) is 4. The normalized spacial score (nSPS) is 16.1. The molecule has 0 radical (unpaired) electrons. The van der Waals surface area contributed by atoms with Gasteiger partial charge in [-0.15, -0.1) is 37.2 Å². The van der Waals surface area contributed by atoms with Crippen LogP contribution in [0.2, 0.25) is 0 Å². The molecule has 360 valence electrons. The molecule has 15 nitrogen and oxygen atoms in total. The van der Waals surface area contributed by atoms with Crippen LogP contribution in [0.3, 0.4) is 0 Å². The molecule has 4 amide bonds. The number of ether oxygens (including phenoxy) is 2. The number of nitrogens with one attached hydrogen (secondary N) is 4. The summed E-state index contributed by atoms with van der Waals surface area (Å²) in [6, 6.07) is 31.9. The molecule has 2 aliphatic rings. The van der Waals surface area contributed by atoms with Gasteiger partial charge in [0.25, 0.3) is 5.91 Å². The Hall–Kier alpha value is -6.55. The monoisotopic (exact) mass is 985 g/mol. The molecule has 4 N–H and O–H groups in total. The topological polar surface area (TPSA) is 178 Å². The first-order valence-corrected chi connectivity index (χ1v) is 22.0. The maximum absolute atomic E-state index is 14.0. The average Bonchev–Trinajstić information content (AvgIpc) is 4.20. The van der Waals surface area contributed by atoms with E-state index in [0.717, 1.165) is 70.7 Å². The summed E-state index contributed by atoms with van der Waals surface area (Å²) in [6.07, 6.45) is 5.42. The second-order valence-corrected chi connectivity index (χ2v) is 16.8. The molecule has 4 heterocycles. The molecule has 0 saturated carbocycles. The average molecular weight is 987 g/mol. The number of aromatic amines is 2. The number of halogens is 3. The van der Waals surface area contributed by atoms with Gasteiger partial charge in [-0.1, -0.05) is 98.8 Å². The second-order valence-electron chi connectivity index (χ2n) is 16.8. The third-order valence-electron chi connectivity index (χ3n) is 12.4. The molecule has 3 unspecified atom stereocenters. The standard InChI is InChI=1S/C50H55N9O6.3ClH/c1-31(2)43(55-49(62)64-4)47(60)58-26-12-18-40(58)46-52-30-39(54-46)35-24-25-37(42(28-35)57(3)36-16-10-7-11-17-36)32-20-22-33(23-21-32)38-29-51-45(53-38)41-19-13-27-59(41)48(61)44(56-50(63)65-5)34-14-8-6-9-15-34;;;/h6-11,14-17,20-25,28-31,40-41,43-44H,12-13,18-19,26-27H2,1-5H3,(H,51,53)(H,52,54)(H,55,62)(H,56,63);3*1H/t40?,41?,43-,44?;;;/m0.../s1. The number of methoxy groups -OCH3 is 2. The van der Waals surface area contributed by atoms with Crippen LogP contribution in [-0.2, 0) is 19.1 Å². The van der Waals surface area contributed by atoms with Gasteiger partial charge in [0.1, 0.15) is 23.7 Å². The van der Waals surface area contributed by atoms with E-state index in [4.69, 9.17) is 19.4 Å². The molecule has 2 saturated heterocycles. The van der Waals surface area contributed by atoms with Crippen LogP contribution in [0.5, 0.6) is 0 Å². The van der Waals surface area contributed by atoms with Crippen LogP contribution < -0.4 is 15.5 Å². The highest BCUT2D eigenvalue weighted by Gasteiger charge is 2.39. The van der Waals surface area contributed by atoms with E-state index in [-0.39, 0.29) is 67.0 Å².